The maximum Gasteiger partial charge on any atom is 0.221 e. The molecule has 2 aromatic rings. The van der Waals surface area contributed by atoms with Crippen molar-refractivity contribution in [2.75, 3.05) is 43.5 Å². The minimum absolute atomic E-state index is 0. The van der Waals surface area contributed by atoms with Gasteiger partial charge in [0.1, 0.15) is 11.9 Å². The van der Waals surface area contributed by atoms with Crippen molar-refractivity contribution >= 4 is 29.7 Å². The molecule has 0 bridgehead atoms. The van der Waals surface area contributed by atoms with E-state index in [1.165, 1.54) is 26.2 Å². The molecule has 31 heavy (non-hydrogen) atoms. The number of piperazine rings is 1. The summed E-state index contributed by atoms with van der Waals surface area (Å²) in [4.78, 5) is 15.4. The van der Waals surface area contributed by atoms with Crippen LogP contribution in [0.3, 0.4) is 0 Å². The number of aliphatic hydroxyl groups is 1. The number of nitrogens with zero attached hydrogens (tertiary/aromatic N) is 2. The van der Waals surface area contributed by atoms with Crippen LogP contribution in [-0.2, 0) is 4.79 Å². The lowest BCUT2D eigenvalue weighted by molar-refractivity contribution is -0.114. The Morgan fingerprint density at radius 3 is 2.42 bits per heavy atom. The van der Waals surface area contributed by atoms with Gasteiger partial charge in [-0.05, 0) is 37.3 Å². The number of carbonyl (C=O) groups is 1. The second kappa shape index (κ2) is 11.2. The number of hydrogen-bond donors (Lipinski definition) is 2. The van der Waals surface area contributed by atoms with E-state index < -0.39 is 12.3 Å². The lowest BCUT2D eigenvalue weighted by atomic mass is 10.2. The van der Waals surface area contributed by atoms with E-state index in [-0.39, 0.29) is 24.1 Å². The molecule has 1 fully saturated rings. The van der Waals surface area contributed by atoms with E-state index in [1.54, 1.807) is 31.2 Å². The third-order valence-electron chi connectivity index (χ3n) is 4.99. The number of amides is 1. The van der Waals surface area contributed by atoms with E-state index in [0.29, 0.717) is 43.4 Å². The zero-order valence-corrected chi connectivity index (χ0v) is 18.7. The predicted molar refractivity (Wildman–Crippen MR) is 121 cm³/mol. The molecule has 0 aliphatic carbocycles. The normalized spacial score (nSPS) is 16.1. The molecule has 1 saturated heterocycles. The summed E-state index contributed by atoms with van der Waals surface area (Å²) in [5.74, 6) is 0.508. The second-order valence-electron chi connectivity index (χ2n) is 7.30. The van der Waals surface area contributed by atoms with Crippen molar-refractivity contribution in [2.24, 2.45) is 0 Å². The van der Waals surface area contributed by atoms with Crippen LogP contribution in [0.15, 0.2) is 42.5 Å². The Balaban J connectivity index is 0.00000341. The molecule has 0 spiro atoms. The molecule has 2 aromatic carbocycles. The number of nitrogens with one attached hydrogen (secondary N) is 1. The van der Waals surface area contributed by atoms with E-state index in [1.807, 2.05) is 6.07 Å². The SMILES string of the molecule is COc1cc(NC(C)=O)ccc1OC(C(C)O)N1CCN(c2cccc(F)c2)CC1.Cl. The van der Waals surface area contributed by atoms with Crippen molar-refractivity contribution in [3.05, 3.63) is 48.3 Å². The fraction of sp³-hybridized carbons (Fsp3) is 0.409. The molecule has 7 nitrogen and oxygen atoms in total. The van der Waals surface area contributed by atoms with Crippen molar-refractivity contribution in [2.45, 2.75) is 26.2 Å². The van der Waals surface area contributed by atoms with E-state index in [4.69, 9.17) is 9.47 Å². The first kappa shape index (κ1) is 24.7. The first-order valence-corrected chi connectivity index (χ1v) is 9.92. The highest BCUT2D eigenvalue weighted by molar-refractivity contribution is 5.89. The highest BCUT2D eigenvalue weighted by Gasteiger charge is 2.29. The first-order valence-electron chi connectivity index (χ1n) is 9.92. The Morgan fingerprint density at radius 2 is 1.84 bits per heavy atom. The van der Waals surface area contributed by atoms with Crippen LogP contribution >= 0.6 is 12.4 Å². The second-order valence-corrected chi connectivity index (χ2v) is 7.30. The standard InChI is InChI=1S/C22H28FN3O4.ClH/c1-15(27)22(30-20-8-7-18(24-16(2)28)14-21(20)29-3)26-11-9-25(10-12-26)19-6-4-5-17(23)13-19;/h4-8,13-15,22,27H,9-12H2,1-3H3,(H,24,28);1H. The highest BCUT2D eigenvalue weighted by Crippen LogP contribution is 2.32. The fourth-order valence-electron chi connectivity index (χ4n) is 3.56. The number of rotatable bonds is 7. The van der Waals surface area contributed by atoms with Gasteiger partial charge in [-0.25, -0.2) is 4.39 Å². The maximum atomic E-state index is 13.5. The molecule has 1 heterocycles. The largest absolute Gasteiger partial charge is 0.493 e. The van der Waals surface area contributed by atoms with Crippen molar-refractivity contribution in [3.8, 4) is 11.5 Å². The summed E-state index contributed by atoms with van der Waals surface area (Å²) < 4.78 is 25.0. The maximum absolute atomic E-state index is 13.5. The molecule has 0 aromatic heterocycles. The molecule has 1 aliphatic rings. The molecule has 170 valence electrons. The predicted octanol–water partition coefficient (Wildman–Crippen LogP) is 3.12. The molecular formula is C22H29ClFN3O4. The number of anilines is 2. The number of hydrogen-bond acceptors (Lipinski definition) is 6. The van der Waals surface area contributed by atoms with Crippen LogP contribution in [0.4, 0.5) is 15.8 Å². The van der Waals surface area contributed by atoms with Crippen LogP contribution in [0.25, 0.3) is 0 Å². The van der Waals surface area contributed by atoms with Crippen LogP contribution in [0, 0.1) is 5.82 Å². The Hall–Kier alpha value is -2.55. The number of aliphatic hydroxyl groups excluding tert-OH is 1. The fourth-order valence-corrected chi connectivity index (χ4v) is 3.56. The van der Waals surface area contributed by atoms with Gasteiger partial charge in [0.2, 0.25) is 5.91 Å². The van der Waals surface area contributed by atoms with E-state index in [2.05, 4.69) is 15.1 Å². The van der Waals surface area contributed by atoms with Gasteiger partial charge in [-0.15, -0.1) is 12.4 Å². The average Bonchev–Trinajstić information content (AvgIpc) is 2.72. The Morgan fingerprint density at radius 1 is 1.13 bits per heavy atom. The summed E-state index contributed by atoms with van der Waals surface area (Å²) in [6.45, 7) is 5.80. The summed E-state index contributed by atoms with van der Waals surface area (Å²) >= 11 is 0. The van der Waals surface area contributed by atoms with Crippen LogP contribution in [0.1, 0.15) is 13.8 Å². The number of halogens is 2. The Labute approximate surface area is 188 Å². The number of methoxy groups -OCH3 is 1. The van der Waals surface area contributed by atoms with Gasteiger partial charge in [0.25, 0.3) is 0 Å². The van der Waals surface area contributed by atoms with Crippen LogP contribution in [0.2, 0.25) is 0 Å². The van der Waals surface area contributed by atoms with Crippen molar-refractivity contribution in [1.82, 2.24) is 4.90 Å². The molecule has 3 rings (SSSR count). The van der Waals surface area contributed by atoms with Crippen molar-refractivity contribution < 1.29 is 23.8 Å². The van der Waals surface area contributed by atoms with E-state index in [0.717, 1.165) is 5.69 Å². The molecule has 1 aliphatic heterocycles. The van der Waals surface area contributed by atoms with Crippen molar-refractivity contribution in [3.63, 3.8) is 0 Å². The molecule has 0 radical (unpaired) electrons. The van der Waals surface area contributed by atoms with Gasteiger partial charge >= 0.3 is 0 Å². The van der Waals surface area contributed by atoms with Gasteiger partial charge in [-0.3, -0.25) is 9.69 Å². The highest BCUT2D eigenvalue weighted by atomic mass is 35.5. The molecule has 2 N–H and O–H groups in total. The number of ether oxygens (including phenoxy) is 2. The van der Waals surface area contributed by atoms with E-state index >= 15 is 0 Å². The van der Waals surface area contributed by atoms with Crippen molar-refractivity contribution in [1.29, 1.82) is 0 Å². The van der Waals surface area contributed by atoms with Gasteiger partial charge in [-0.1, -0.05) is 6.07 Å². The third-order valence-corrected chi connectivity index (χ3v) is 4.99. The smallest absolute Gasteiger partial charge is 0.221 e. The van der Waals surface area contributed by atoms with Gasteiger partial charge < -0.3 is 24.8 Å². The van der Waals surface area contributed by atoms with Gasteiger partial charge in [0, 0.05) is 50.5 Å². The molecule has 0 saturated carbocycles. The molecule has 2 atom stereocenters. The summed E-state index contributed by atoms with van der Waals surface area (Å²) in [6, 6.07) is 11.7. The monoisotopic (exact) mass is 453 g/mol. The lowest BCUT2D eigenvalue weighted by Gasteiger charge is -2.41. The Kier molecular flexibility index (Phi) is 8.91. The Bertz CT molecular complexity index is 876. The minimum Gasteiger partial charge on any atom is -0.493 e. The summed E-state index contributed by atoms with van der Waals surface area (Å²) in [5, 5.41) is 13.1. The number of carbonyl (C=O) groups excluding carboxylic acids is 1. The van der Waals surface area contributed by atoms with Gasteiger partial charge in [0.15, 0.2) is 17.7 Å². The summed E-state index contributed by atoms with van der Waals surface area (Å²) in [7, 11) is 1.52. The molecule has 1 amide bonds. The quantitative estimate of drug-likeness (QED) is 0.671. The summed E-state index contributed by atoms with van der Waals surface area (Å²) in [6.07, 6.45) is -1.31. The topological polar surface area (TPSA) is 74.3 Å². The van der Waals surface area contributed by atoms with Crippen LogP contribution in [0.5, 0.6) is 11.5 Å². The first-order chi connectivity index (χ1) is 14.4. The van der Waals surface area contributed by atoms with Gasteiger partial charge in [-0.2, -0.15) is 0 Å². The summed E-state index contributed by atoms with van der Waals surface area (Å²) in [5.41, 5.74) is 1.45. The zero-order valence-electron chi connectivity index (χ0n) is 17.9. The minimum atomic E-state index is -0.745. The average molecular weight is 454 g/mol. The zero-order chi connectivity index (χ0) is 21.7. The number of benzene rings is 2. The lowest BCUT2D eigenvalue weighted by Crippen LogP contribution is -2.55. The van der Waals surface area contributed by atoms with Crippen LogP contribution < -0.4 is 19.7 Å². The van der Waals surface area contributed by atoms with Gasteiger partial charge in [0.05, 0.1) is 7.11 Å². The van der Waals surface area contributed by atoms with Crippen LogP contribution in [-0.4, -0.2) is 61.5 Å². The third kappa shape index (κ3) is 6.46. The molecule has 2 unspecified atom stereocenters. The van der Waals surface area contributed by atoms with E-state index in [9.17, 15) is 14.3 Å². The molecule has 9 heteroatoms. The molecular weight excluding hydrogens is 425 g/mol.